The standard InChI is InChI=1S/C23H22ClN7O2/c24-18-6-8-19(9-7-18)33-15-20(32)29-10-12-30(13-11-29)22-21-23(26-16-25-22)31(28-27-21)14-17-4-2-1-3-5-17/h1-9,16H,10-15H2. The summed E-state index contributed by atoms with van der Waals surface area (Å²) in [5.41, 5.74) is 2.48. The molecule has 5 rings (SSSR count). The summed E-state index contributed by atoms with van der Waals surface area (Å²) in [4.78, 5) is 25.4. The molecule has 9 nitrogen and oxygen atoms in total. The molecule has 4 aromatic rings. The molecule has 0 aliphatic carbocycles. The highest BCUT2D eigenvalue weighted by atomic mass is 35.5. The van der Waals surface area contributed by atoms with E-state index in [0.717, 1.165) is 11.4 Å². The van der Waals surface area contributed by atoms with Gasteiger partial charge in [-0.15, -0.1) is 5.10 Å². The molecule has 0 radical (unpaired) electrons. The largest absolute Gasteiger partial charge is 0.484 e. The number of piperazine rings is 1. The Hall–Kier alpha value is -3.72. The Morgan fingerprint density at radius 1 is 0.970 bits per heavy atom. The predicted octanol–water partition coefficient (Wildman–Crippen LogP) is 2.65. The second-order valence-electron chi connectivity index (χ2n) is 7.71. The number of halogens is 1. The molecule has 168 valence electrons. The summed E-state index contributed by atoms with van der Waals surface area (Å²) in [6.45, 7) is 3.02. The van der Waals surface area contributed by atoms with E-state index in [-0.39, 0.29) is 12.5 Å². The third kappa shape index (κ3) is 4.73. The number of amides is 1. The number of benzene rings is 2. The lowest BCUT2D eigenvalue weighted by Crippen LogP contribution is -2.50. The Bertz CT molecular complexity index is 1240. The van der Waals surface area contributed by atoms with Gasteiger partial charge in [0.1, 0.15) is 12.1 Å². The van der Waals surface area contributed by atoms with Gasteiger partial charge >= 0.3 is 0 Å². The van der Waals surface area contributed by atoms with Gasteiger partial charge in [0.2, 0.25) is 0 Å². The molecule has 1 amide bonds. The normalized spacial score (nSPS) is 14.0. The third-order valence-corrected chi connectivity index (χ3v) is 5.82. The number of anilines is 1. The Kier molecular flexibility index (Phi) is 6.03. The van der Waals surface area contributed by atoms with Crippen LogP contribution in [0.25, 0.3) is 11.2 Å². The molecule has 1 fully saturated rings. The van der Waals surface area contributed by atoms with E-state index in [1.54, 1.807) is 40.2 Å². The van der Waals surface area contributed by atoms with Gasteiger partial charge in [-0.2, -0.15) is 0 Å². The molecule has 0 N–H and O–H groups in total. The molecule has 10 heteroatoms. The SMILES string of the molecule is O=C(COc1ccc(Cl)cc1)N1CCN(c2ncnc3c2nnn3Cc2ccccc2)CC1. The summed E-state index contributed by atoms with van der Waals surface area (Å²) in [6.07, 6.45) is 1.54. The fraction of sp³-hybridized carbons (Fsp3) is 0.261. The van der Waals surface area contributed by atoms with E-state index in [9.17, 15) is 4.79 Å². The summed E-state index contributed by atoms with van der Waals surface area (Å²) < 4.78 is 7.37. The van der Waals surface area contributed by atoms with Crippen LogP contribution in [0, 0.1) is 0 Å². The van der Waals surface area contributed by atoms with E-state index < -0.39 is 0 Å². The van der Waals surface area contributed by atoms with E-state index in [0.29, 0.717) is 54.7 Å². The number of nitrogens with zero attached hydrogens (tertiary/aromatic N) is 7. The molecule has 0 spiro atoms. The summed E-state index contributed by atoms with van der Waals surface area (Å²) in [5, 5.41) is 9.27. The topological polar surface area (TPSA) is 89.3 Å². The van der Waals surface area contributed by atoms with Crippen LogP contribution in [0.4, 0.5) is 5.82 Å². The van der Waals surface area contributed by atoms with Crippen LogP contribution < -0.4 is 9.64 Å². The summed E-state index contributed by atoms with van der Waals surface area (Å²) in [6, 6.07) is 17.0. The molecular formula is C23H22ClN7O2. The third-order valence-electron chi connectivity index (χ3n) is 5.56. The average molecular weight is 464 g/mol. The zero-order valence-electron chi connectivity index (χ0n) is 17.8. The molecule has 2 aromatic heterocycles. The average Bonchev–Trinajstić information content (AvgIpc) is 3.27. The molecule has 1 aliphatic rings. The van der Waals surface area contributed by atoms with Crippen molar-refractivity contribution in [1.29, 1.82) is 0 Å². The summed E-state index contributed by atoms with van der Waals surface area (Å²) in [7, 11) is 0. The van der Waals surface area contributed by atoms with Crippen molar-refractivity contribution in [2.24, 2.45) is 0 Å². The number of hydrogen-bond acceptors (Lipinski definition) is 7. The first-order valence-corrected chi connectivity index (χ1v) is 11.0. The molecule has 2 aromatic carbocycles. The zero-order chi connectivity index (χ0) is 22.6. The molecule has 33 heavy (non-hydrogen) atoms. The van der Waals surface area contributed by atoms with Crippen molar-refractivity contribution in [3.8, 4) is 5.75 Å². The number of ether oxygens (including phenoxy) is 1. The van der Waals surface area contributed by atoms with Gasteiger partial charge in [0.25, 0.3) is 5.91 Å². The van der Waals surface area contributed by atoms with Crippen LogP contribution in [0.5, 0.6) is 5.75 Å². The Morgan fingerprint density at radius 3 is 2.48 bits per heavy atom. The first-order chi connectivity index (χ1) is 16.2. The van der Waals surface area contributed by atoms with E-state index in [1.807, 2.05) is 30.3 Å². The van der Waals surface area contributed by atoms with Gasteiger partial charge < -0.3 is 14.5 Å². The van der Waals surface area contributed by atoms with Crippen molar-refractivity contribution in [2.75, 3.05) is 37.7 Å². The molecule has 0 saturated carbocycles. The van der Waals surface area contributed by atoms with Crippen LogP contribution in [0.2, 0.25) is 5.02 Å². The van der Waals surface area contributed by atoms with Gasteiger partial charge in [-0.05, 0) is 29.8 Å². The maximum Gasteiger partial charge on any atom is 0.260 e. The van der Waals surface area contributed by atoms with Crippen LogP contribution in [-0.2, 0) is 11.3 Å². The molecule has 0 unspecified atom stereocenters. The highest BCUT2D eigenvalue weighted by Gasteiger charge is 2.25. The van der Waals surface area contributed by atoms with Crippen LogP contribution in [0.15, 0.2) is 60.9 Å². The number of rotatable bonds is 6. The zero-order valence-corrected chi connectivity index (χ0v) is 18.6. The second-order valence-corrected chi connectivity index (χ2v) is 8.15. The first-order valence-electron chi connectivity index (χ1n) is 10.7. The number of carbonyl (C=O) groups is 1. The summed E-state index contributed by atoms with van der Waals surface area (Å²) in [5.74, 6) is 1.31. The highest BCUT2D eigenvalue weighted by molar-refractivity contribution is 6.30. The van der Waals surface area contributed by atoms with Gasteiger partial charge in [-0.25, -0.2) is 14.6 Å². The van der Waals surface area contributed by atoms with Crippen molar-refractivity contribution >= 4 is 34.5 Å². The van der Waals surface area contributed by atoms with Crippen LogP contribution in [0.3, 0.4) is 0 Å². The maximum atomic E-state index is 12.6. The van der Waals surface area contributed by atoms with Crippen LogP contribution in [0.1, 0.15) is 5.56 Å². The minimum absolute atomic E-state index is 0.00675. The van der Waals surface area contributed by atoms with E-state index in [1.165, 1.54) is 0 Å². The number of fused-ring (bicyclic) bond motifs is 1. The summed E-state index contributed by atoms with van der Waals surface area (Å²) >= 11 is 5.88. The molecule has 1 aliphatic heterocycles. The van der Waals surface area contributed by atoms with Crippen LogP contribution in [-0.4, -0.2) is 68.6 Å². The van der Waals surface area contributed by atoms with Crippen molar-refractivity contribution in [1.82, 2.24) is 29.9 Å². The minimum Gasteiger partial charge on any atom is -0.484 e. The fourth-order valence-corrected chi connectivity index (χ4v) is 3.94. The van der Waals surface area contributed by atoms with Crippen molar-refractivity contribution in [3.63, 3.8) is 0 Å². The quantitative estimate of drug-likeness (QED) is 0.434. The lowest BCUT2D eigenvalue weighted by atomic mass is 10.2. The molecular weight excluding hydrogens is 442 g/mol. The van der Waals surface area contributed by atoms with Crippen molar-refractivity contribution in [2.45, 2.75) is 6.54 Å². The first kappa shape index (κ1) is 21.1. The minimum atomic E-state index is -0.0498. The van der Waals surface area contributed by atoms with E-state index in [4.69, 9.17) is 16.3 Å². The predicted molar refractivity (Wildman–Crippen MR) is 124 cm³/mol. The number of carbonyl (C=O) groups excluding carboxylic acids is 1. The molecule has 0 bridgehead atoms. The van der Waals surface area contributed by atoms with Gasteiger partial charge in [0.15, 0.2) is 23.6 Å². The highest BCUT2D eigenvalue weighted by Crippen LogP contribution is 2.22. The van der Waals surface area contributed by atoms with Crippen LogP contribution >= 0.6 is 11.6 Å². The molecule has 3 heterocycles. The Labute approximate surface area is 195 Å². The monoisotopic (exact) mass is 463 g/mol. The van der Waals surface area contributed by atoms with Gasteiger partial charge in [-0.3, -0.25) is 4.79 Å². The lowest BCUT2D eigenvalue weighted by molar-refractivity contribution is -0.133. The number of aromatic nitrogens is 5. The smallest absolute Gasteiger partial charge is 0.260 e. The van der Waals surface area contributed by atoms with E-state index in [2.05, 4.69) is 25.2 Å². The Balaban J connectivity index is 1.22. The van der Waals surface area contributed by atoms with Crippen molar-refractivity contribution < 1.29 is 9.53 Å². The maximum absolute atomic E-state index is 12.6. The van der Waals surface area contributed by atoms with Gasteiger partial charge in [0, 0.05) is 31.2 Å². The van der Waals surface area contributed by atoms with Gasteiger partial charge in [-0.1, -0.05) is 47.1 Å². The lowest BCUT2D eigenvalue weighted by Gasteiger charge is -2.35. The fourth-order valence-electron chi connectivity index (χ4n) is 3.81. The Morgan fingerprint density at radius 2 is 1.73 bits per heavy atom. The van der Waals surface area contributed by atoms with E-state index >= 15 is 0 Å². The van der Waals surface area contributed by atoms with Crippen molar-refractivity contribution in [3.05, 3.63) is 71.5 Å². The molecule has 0 atom stereocenters. The molecule has 1 saturated heterocycles. The number of hydrogen-bond donors (Lipinski definition) is 0. The second kappa shape index (κ2) is 9.41. The van der Waals surface area contributed by atoms with Gasteiger partial charge in [0.05, 0.1) is 6.54 Å².